The number of carbonyl (C=O) groups excluding carboxylic acids is 1. The van der Waals surface area contributed by atoms with E-state index in [1.807, 2.05) is 6.92 Å². The molecule has 2 heterocycles. The minimum Gasteiger partial charge on any atom is -0.493 e. The first kappa shape index (κ1) is 19.4. The molecule has 0 radical (unpaired) electrons. The van der Waals surface area contributed by atoms with Gasteiger partial charge in [-0.25, -0.2) is 4.98 Å². The maximum absolute atomic E-state index is 12.7. The molecule has 0 aliphatic carbocycles. The second kappa shape index (κ2) is 8.23. The van der Waals surface area contributed by atoms with Gasteiger partial charge < -0.3 is 14.5 Å². The van der Waals surface area contributed by atoms with E-state index in [0.717, 1.165) is 0 Å². The summed E-state index contributed by atoms with van der Waals surface area (Å²) in [4.78, 5) is 21.2. The Morgan fingerprint density at radius 1 is 1.24 bits per heavy atom. The first-order valence-corrected chi connectivity index (χ1v) is 9.97. The average molecular weight is 473 g/mol. The Kier molecular flexibility index (Phi) is 5.51. The Bertz CT molecular complexity index is 1180. The lowest BCUT2D eigenvalue weighted by Crippen LogP contribution is -2.12. The van der Waals surface area contributed by atoms with E-state index < -0.39 is 0 Å². The van der Waals surface area contributed by atoms with E-state index in [1.54, 1.807) is 54.7 Å². The largest absolute Gasteiger partial charge is 0.493 e. The molecule has 1 amide bonds. The first-order chi connectivity index (χ1) is 14.0. The number of hydrogen-bond donors (Lipinski definition) is 1. The summed E-state index contributed by atoms with van der Waals surface area (Å²) in [7, 11) is 0. The van der Waals surface area contributed by atoms with E-state index in [-0.39, 0.29) is 5.91 Å². The van der Waals surface area contributed by atoms with Gasteiger partial charge in [0.05, 0.1) is 21.8 Å². The normalized spacial score (nSPS) is 10.9. The summed E-state index contributed by atoms with van der Waals surface area (Å²) in [5.74, 6) is 0.773. The summed E-state index contributed by atoms with van der Waals surface area (Å²) in [6.45, 7) is 2.44. The van der Waals surface area contributed by atoms with Gasteiger partial charge in [0.25, 0.3) is 5.91 Å². The zero-order chi connectivity index (χ0) is 20.4. The predicted octanol–water partition coefficient (Wildman–Crippen LogP) is 5.96. The minimum atomic E-state index is -0.299. The third-order valence-electron chi connectivity index (χ3n) is 4.12. The standard InChI is InChI=1S/C21H15BrClN3O3/c1-2-28-17-8-6-12(10-14(17)22)20(27)25-16-11-13(5-7-15(16)23)21-26-19-18(29-21)4-3-9-24-19/h3-11H,2H2,1H3,(H,25,27). The average Bonchev–Trinajstić information content (AvgIpc) is 3.15. The number of ether oxygens (including phenoxy) is 1. The number of pyridine rings is 1. The molecular formula is C21H15BrClN3O3. The van der Waals surface area contributed by atoms with E-state index in [0.29, 0.717) is 55.8 Å². The van der Waals surface area contributed by atoms with E-state index in [2.05, 4.69) is 31.2 Å². The highest BCUT2D eigenvalue weighted by atomic mass is 79.9. The van der Waals surface area contributed by atoms with Crippen molar-refractivity contribution >= 4 is 50.4 Å². The van der Waals surface area contributed by atoms with Crippen LogP contribution in [0.2, 0.25) is 5.02 Å². The summed E-state index contributed by atoms with van der Waals surface area (Å²) in [6, 6.07) is 13.9. The number of nitrogens with one attached hydrogen (secondary N) is 1. The van der Waals surface area contributed by atoms with Crippen LogP contribution in [0.3, 0.4) is 0 Å². The van der Waals surface area contributed by atoms with E-state index in [9.17, 15) is 4.79 Å². The number of anilines is 1. The maximum atomic E-state index is 12.7. The number of nitrogens with zero attached hydrogens (tertiary/aromatic N) is 2. The van der Waals surface area contributed by atoms with Crippen LogP contribution in [0.1, 0.15) is 17.3 Å². The first-order valence-electron chi connectivity index (χ1n) is 8.80. The third kappa shape index (κ3) is 4.11. The van der Waals surface area contributed by atoms with Crippen molar-refractivity contribution in [1.82, 2.24) is 9.97 Å². The molecule has 8 heteroatoms. The molecule has 29 heavy (non-hydrogen) atoms. The second-order valence-electron chi connectivity index (χ2n) is 6.07. The van der Waals surface area contributed by atoms with Crippen molar-refractivity contribution in [2.75, 3.05) is 11.9 Å². The molecule has 0 spiro atoms. The van der Waals surface area contributed by atoms with Crippen LogP contribution in [0, 0.1) is 0 Å². The van der Waals surface area contributed by atoms with Crippen LogP contribution in [0.4, 0.5) is 5.69 Å². The molecule has 0 fully saturated rings. The number of benzene rings is 2. The molecule has 146 valence electrons. The zero-order valence-electron chi connectivity index (χ0n) is 15.3. The maximum Gasteiger partial charge on any atom is 0.255 e. The lowest BCUT2D eigenvalue weighted by Gasteiger charge is -2.10. The van der Waals surface area contributed by atoms with Gasteiger partial charge in [-0.15, -0.1) is 0 Å². The van der Waals surface area contributed by atoms with Crippen molar-refractivity contribution < 1.29 is 13.9 Å². The highest BCUT2D eigenvalue weighted by molar-refractivity contribution is 9.10. The van der Waals surface area contributed by atoms with Crippen LogP contribution in [-0.2, 0) is 0 Å². The van der Waals surface area contributed by atoms with Gasteiger partial charge in [-0.05, 0) is 71.4 Å². The Morgan fingerprint density at radius 3 is 2.86 bits per heavy atom. The molecule has 0 atom stereocenters. The number of halogens is 2. The molecule has 0 aliphatic rings. The van der Waals surface area contributed by atoms with Gasteiger partial charge in [-0.1, -0.05) is 11.6 Å². The fraction of sp³-hybridized carbons (Fsp3) is 0.0952. The summed E-state index contributed by atoms with van der Waals surface area (Å²) in [6.07, 6.45) is 1.65. The molecule has 6 nitrogen and oxygen atoms in total. The van der Waals surface area contributed by atoms with Gasteiger partial charge in [0.2, 0.25) is 5.89 Å². The molecule has 4 aromatic rings. The number of fused-ring (bicyclic) bond motifs is 1. The number of carbonyl (C=O) groups is 1. The molecule has 4 rings (SSSR count). The smallest absolute Gasteiger partial charge is 0.255 e. The van der Waals surface area contributed by atoms with Crippen LogP contribution in [-0.4, -0.2) is 22.5 Å². The van der Waals surface area contributed by atoms with Gasteiger partial charge in [0.1, 0.15) is 5.75 Å². The number of aromatic nitrogens is 2. The number of amides is 1. The minimum absolute atomic E-state index is 0.299. The Balaban J connectivity index is 1.61. The third-order valence-corrected chi connectivity index (χ3v) is 5.07. The van der Waals surface area contributed by atoms with Crippen LogP contribution >= 0.6 is 27.5 Å². The topological polar surface area (TPSA) is 77.2 Å². The SMILES string of the molecule is CCOc1ccc(C(=O)Nc2cc(-c3nc4ncccc4o3)ccc2Cl)cc1Br. The van der Waals surface area contributed by atoms with Crippen LogP contribution < -0.4 is 10.1 Å². The van der Waals surface area contributed by atoms with E-state index in [1.165, 1.54) is 0 Å². The zero-order valence-corrected chi connectivity index (χ0v) is 17.6. The number of oxazole rings is 1. The predicted molar refractivity (Wildman–Crippen MR) is 116 cm³/mol. The van der Waals surface area contributed by atoms with Gasteiger partial charge in [-0.2, -0.15) is 4.98 Å². The molecule has 0 unspecified atom stereocenters. The van der Waals surface area contributed by atoms with Crippen molar-refractivity contribution in [2.24, 2.45) is 0 Å². The quantitative estimate of drug-likeness (QED) is 0.388. The Labute approximate surface area is 180 Å². The van der Waals surface area contributed by atoms with Crippen molar-refractivity contribution in [3.05, 3.63) is 69.8 Å². The summed E-state index contributed by atoms with van der Waals surface area (Å²) < 4.78 is 11.9. The second-order valence-corrected chi connectivity index (χ2v) is 7.33. The highest BCUT2D eigenvalue weighted by Gasteiger charge is 2.14. The molecule has 2 aromatic heterocycles. The highest BCUT2D eigenvalue weighted by Crippen LogP contribution is 2.31. The van der Waals surface area contributed by atoms with E-state index >= 15 is 0 Å². The van der Waals surface area contributed by atoms with Crippen LogP contribution in [0.5, 0.6) is 5.75 Å². The van der Waals surface area contributed by atoms with Gasteiger partial charge in [0.15, 0.2) is 11.2 Å². The molecule has 0 saturated carbocycles. The van der Waals surface area contributed by atoms with Crippen molar-refractivity contribution in [2.45, 2.75) is 6.92 Å². The van der Waals surface area contributed by atoms with Crippen LogP contribution in [0.25, 0.3) is 22.7 Å². The molecular weight excluding hydrogens is 458 g/mol. The van der Waals surface area contributed by atoms with Crippen molar-refractivity contribution in [3.8, 4) is 17.2 Å². The summed E-state index contributed by atoms with van der Waals surface area (Å²) in [5, 5.41) is 3.24. The molecule has 2 aromatic carbocycles. The van der Waals surface area contributed by atoms with Crippen molar-refractivity contribution in [1.29, 1.82) is 0 Å². The van der Waals surface area contributed by atoms with E-state index in [4.69, 9.17) is 20.8 Å². The molecule has 0 saturated heterocycles. The number of rotatable bonds is 5. The Hall–Kier alpha value is -2.90. The number of hydrogen-bond acceptors (Lipinski definition) is 5. The molecule has 0 aliphatic heterocycles. The van der Waals surface area contributed by atoms with Gasteiger partial charge in [-0.3, -0.25) is 4.79 Å². The molecule has 0 bridgehead atoms. The molecule has 1 N–H and O–H groups in total. The van der Waals surface area contributed by atoms with Gasteiger partial charge in [0, 0.05) is 17.3 Å². The summed E-state index contributed by atoms with van der Waals surface area (Å²) in [5.41, 5.74) is 2.70. The fourth-order valence-corrected chi connectivity index (χ4v) is 3.41. The monoisotopic (exact) mass is 471 g/mol. The summed E-state index contributed by atoms with van der Waals surface area (Å²) >= 11 is 9.70. The van der Waals surface area contributed by atoms with Gasteiger partial charge >= 0.3 is 0 Å². The lowest BCUT2D eigenvalue weighted by molar-refractivity contribution is 0.102. The lowest BCUT2D eigenvalue weighted by atomic mass is 10.1. The fourth-order valence-electron chi connectivity index (χ4n) is 2.76. The van der Waals surface area contributed by atoms with Crippen LogP contribution in [0.15, 0.2) is 63.6 Å². The Morgan fingerprint density at radius 2 is 2.10 bits per heavy atom. The van der Waals surface area contributed by atoms with Crippen molar-refractivity contribution in [3.63, 3.8) is 0 Å².